The van der Waals surface area contributed by atoms with Crippen LogP contribution in [-0.2, 0) is 4.79 Å². The summed E-state index contributed by atoms with van der Waals surface area (Å²) >= 11 is 0. The molecule has 1 aromatic rings. The van der Waals surface area contributed by atoms with Crippen LogP contribution in [0.1, 0.15) is 24.3 Å². The van der Waals surface area contributed by atoms with Crippen LogP contribution >= 0.6 is 0 Å². The zero-order valence-electron chi connectivity index (χ0n) is 11.3. The zero-order chi connectivity index (χ0) is 14.1. The summed E-state index contributed by atoms with van der Waals surface area (Å²) in [5.74, 6) is 0.0841. The normalized spacial score (nSPS) is 31.2. The summed E-state index contributed by atoms with van der Waals surface area (Å²) in [7, 11) is 0. The number of aromatic hydroxyl groups is 1. The standard InChI is InChI=1S/C15H19FN2O2/c16-13-9-18(14-5-7-17-15(14)20)8-6-12(13)10-1-3-11(19)4-2-10/h1-4,12-14,19H,5-9H2,(H,17,20). The SMILES string of the molecule is O=C1NCCC1N1CCC(c2ccc(O)cc2)C(F)C1. The van der Waals surface area contributed by atoms with Crippen LogP contribution in [0.2, 0.25) is 0 Å². The van der Waals surface area contributed by atoms with Crippen LogP contribution in [0.4, 0.5) is 4.39 Å². The lowest BCUT2D eigenvalue weighted by Gasteiger charge is -2.37. The topological polar surface area (TPSA) is 52.6 Å². The molecule has 2 N–H and O–H groups in total. The Balaban J connectivity index is 1.67. The molecular weight excluding hydrogens is 259 g/mol. The van der Waals surface area contributed by atoms with E-state index in [2.05, 4.69) is 5.32 Å². The molecule has 2 heterocycles. The lowest BCUT2D eigenvalue weighted by atomic mass is 9.87. The zero-order valence-corrected chi connectivity index (χ0v) is 11.3. The molecule has 20 heavy (non-hydrogen) atoms. The summed E-state index contributed by atoms with van der Waals surface area (Å²) in [5.41, 5.74) is 0.922. The fraction of sp³-hybridized carbons (Fsp3) is 0.533. The van der Waals surface area contributed by atoms with Gasteiger partial charge in [0.15, 0.2) is 0 Å². The third-order valence-electron chi connectivity index (χ3n) is 4.35. The predicted octanol–water partition coefficient (Wildman–Crippen LogP) is 1.41. The van der Waals surface area contributed by atoms with Crippen molar-refractivity contribution >= 4 is 5.91 Å². The van der Waals surface area contributed by atoms with Gasteiger partial charge in [0.2, 0.25) is 5.91 Å². The molecule has 2 aliphatic rings. The average Bonchev–Trinajstić information content (AvgIpc) is 2.86. The minimum absolute atomic E-state index is 0.0280. The van der Waals surface area contributed by atoms with Gasteiger partial charge in [0, 0.05) is 19.0 Å². The van der Waals surface area contributed by atoms with E-state index in [1.54, 1.807) is 24.3 Å². The highest BCUT2D eigenvalue weighted by Gasteiger charge is 2.37. The number of likely N-dealkylation sites (tertiary alicyclic amines) is 1. The van der Waals surface area contributed by atoms with Crippen molar-refractivity contribution in [3.63, 3.8) is 0 Å². The molecule has 108 valence electrons. The number of nitrogens with zero attached hydrogens (tertiary/aromatic N) is 1. The van der Waals surface area contributed by atoms with Gasteiger partial charge < -0.3 is 10.4 Å². The fourth-order valence-corrected chi connectivity index (χ4v) is 3.24. The highest BCUT2D eigenvalue weighted by molar-refractivity contribution is 5.83. The van der Waals surface area contributed by atoms with Gasteiger partial charge in [0.1, 0.15) is 11.9 Å². The average molecular weight is 278 g/mol. The number of nitrogens with one attached hydrogen (secondary N) is 1. The molecule has 0 radical (unpaired) electrons. The van der Waals surface area contributed by atoms with Crippen LogP contribution in [0.15, 0.2) is 24.3 Å². The summed E-state index contributed by atoms with van der Waals surface area (Å²) < 4.78 is 14.4. The number of amides is 1. The van der Waals surface area contributed by atoms with Gasteiger partial charge in [-0.25, -0.2) is 4.39 Å². The Labute approximate surface area is 117 Å². The Morgan fingerprint density at radius 2 is 2.00 bits per heavy atom. The third kappa shape index (κ3) is 2.50. The van der Waals surface area contributed by atoms with Crippen molar-refractivity contribution in [2.45, 2.75) is 31.0 Å². The highest BCUT2D eigenvalue weighted by Crippen LogP contribution is 2.32. The minimum Gasteiger partial charge on any atom is -0.508 e. The van der Waals surface area contributed by atoms with Crippen LogP contribution in [-0.4, -0.2) is 47.8 Å². The van der Waals surface area contributed by atoms with Crippen molar-refractivity contribution in [3.8, 4) is 5.75 Å². The van der Waals surface area contributed by atoms with Crippen LogP contribution < -0.4 is 5.32 Å². The third-order valence-corrected chi connectivity index (χ3v) is 4.35. The summed E-state index contributed by atoms with van der Waals surface area (Å²) in [6.07, 6.45) is 0.507. The number of hydrogen-bond donors (Lipinski definition) is 2. The summed E-state index contributed by atoms with van der Waals surface area (Å²) in [4.78, 5) is 13.6. The van der Waals surface area contributed by atoms with Crippen LogP contribution in [0.3, 0.4) is 0 Å². The Bertz CT molecular complexity index is 491. The number of phenolic OH excluding ortho intramolecular Hbond substituents is 1. The molecule has 1 amide bonds. The second kappa shape index (κ2) is 5.40. The lowest BCUT2D eigenvalue weighted by Crippen LogP contribution is -2.48. The molecule has 5 heteroatoms. The summed E-state index contributed by atoms with van der Waals surface area (Å²) in [6, 6.07) is 6.60. The smallest absolute Gasteiger partial charge is 0.237 e. The molecule has 3 rings (SSSR count). The van der Waals surface area contributed by atoms with Gasteiger partial charge in [0.25, 0.3) is 0 Å². The first-order valence-electron chi connectivity index (χ1n) is 7.10. The number of piperidine rings is 1. The van der Waals surface area contributed by atoms with E-state index in [4.69, 9.17) is 0 Å². The molecule has 3 atom stereocenters. The van der Waals surface area contributed by atoms with Gasteiger partial charge in [-0.15, -0.1) is 0 Å². The summed E-state index contributed by atoms with van der Waals surface area (Å²) in [6.45, 7) is 1.74. The van der Waals surface area contributed by atoms with Gasteiger partial charge in [0.05, 0.1) is 6.04 Å². The van der Waals surface area contributed by atoms with Crippen molar-refractivity contribution in [1.82, 2.24) is 10.2 Å². The molecule has 1 aromatic carbocycles. The lowest BCUT2D eigenvalue weighted by molar-refractivity contribution is -0.124. The number of carbonyl (C=O) groups excluding carboxylic acids is 1. The fourth-order valence-electron chi connectivity index (χ4n) is 3.24. The number of rotatable bonds is 2. The molecule has 0 spiro atoms. The molecule has 4 nitrogen and oxygen atoms in total. The number of phenols is 1. The van der Waals surface area contributed by atoms with E-state index in [1.165, 1.54) is 0 Å². The van der Waals surface area contributed by atoms with E-state index < -0.39 is 6.17 Å². The van der Waals surface area contributed by atoms with Gasteiger partial charge >= 0.3 is 0 Å². The first-order chi connectivity index (χ1) is 9.65. The van der Waals surface area contributed by atoms with Crippen molar-refractivity contribution in [3.05, 3.63) is 29.8 Å². The van der Waals surface area contributed by atoms with Crippen LogP contribution in [0.25, 0.3) is 0 Å². The van der Waals surface area contributed by atoms with Gasteiger partial charge in [-0.1, -0.05) is 12.1 Å². The molecule has 0 aromatic heterocycles. The van der Waals surface area contributed by atoms with Crippen molar-refractivity contribution in [2.75, 3.05) is 19.6 Å². The molecule has 2 fully saturated rings. The Kier molecular flexibility index (Phi) is 3.61. The second-order valence-corrected chi connectivity index (χ2v) is 5.59. The first kappa shape index (κ1) is 13.4. The maximum Gasteiger partial charge on any atom is 0.237 e. The van der Waals surface area contributed by atoms with Crippen molar-refractivity contribution in [1.29, 1.82) is 0 Å². The van der Waals surface area contributed by atoms with Crippen molar-refractivity contribution in [2.24, 2.45) is 0 Å². The Hall–Kier alpha value is -1.62. The molecule has 2 aliphatic heterocycles. The van der Waals surface area contributed by atoms with Gasteiger partial charge in [-0.3, -0.25) is 9.69 Å². The molecule has 2 saturated heterocycles. The van der Waals surface area contributed by atoms with E-state index in [0.29, 0.717) is 19.5 Å². The number of benzene rings is 1. The maximum absolute atomic E-state index is 14.4. The number of carbonyl (C=O) groups is 1. The van der Waals surface area contributed by atoms with Crippen LogP contribution in [0, 0.1) is 0 Å². The van der Waals surface area contributed by atoms with E-state index in [9.17, 15) is 14.3 Å². The summed E-state index contributed by atoms with van der Waals surface area (Å²) in [5, 5.41) is 12.1. The minimum atomic E-state index is -0.971. The van der Waals surface area contributed by atoms with Gasteiger partial charge in [-0.2, -0.15) is 0 Å². The predicted molar refractivity (Wildman–Crippen MR) is 73.3 cm³/mol. The van der Waals surface area contributed by atoms with Crippen molar-refractivity contribution < 1.29 is 14.3 Å². The number of hydrogen-bond acceptors (Lipinski definition) is 3. The Morgan fingerprint density at radius 1 is 1.25 bits per heavy atom. The largest absolute Gasteiger partial charge is 0.508 e. The van der Waals surface area contributed by atoms with Crippen LogP contribution in [0.5, 0.6) is 5.75 Å². The van der Waals surface area contributed by atoms with E-state index >= 15 is 0 Å². The monoisotopic (exact) mass is 278 g/mol. The molecule has 0 saturated carbocycles. The molecule has 0 aliphatic carbocycles. The Morgan fingerprint density at radius 3 is 2.60 bits per heavy atom. The highest BCUT2D eigenvalue weighted by atomic mass is 19.1. The van der Waals surface area contributed by atoms with Gasteiger partial charge in [-0.05, 0) is 37.1 Å². The molecular formula is C15H19FN2O2. The molecule has 0 bridgehead atoms. The number of halogens is 1. The van der Waals surface area contributed by atoms with E-state index in [0.717, 1.165) is 18.5 Å². The van der Waals surface area contributed by atoms with E-state index in [-0.39, 0.29) is 23.6 Å². The van der Waals surface area contributed by atoms with E-state index in [1.807, 2.05) is 4.90 Å². The number of alkyl halides is 1. The molecule has 3 unspecified atom stereocenters. The second-order valence-electron chi connectivity index (χ2n) is 5.59. The quantitative estimate of drug-likeness (QED) is 0.860. The maximum atomic E-state index is 14.4. The first-order valence-corrected chi connectivity index (χ1v) is 7.10.